The Kier molecular flexibility index (Phi) is 5.47. The predicted octanol–water partition coefficient (Wildman–Crippen LogP) is 9.35. The first-order valence-corrected chi connectivity index (χ1v) is 16.5. The lowest BCUT2D eigenvalue weighted by atomic mass is 10.0. The van der Waals surface area contributed by atoms with Crippen molar-refractivity contribution in [3.05, 3.63) is 158 Å². The number of ether oxygens (including phenoxy) is 1. The molecule has 2 heterocycles. The molecule has 0 amide bonds. The van der Waals surface area contributed by atoms with Crippen LogP contribution in [0.25, 0.3) is 49.4 Å². The van der Waals surface area contributed by atoms with E-state index in [4.69, 9.17) is 4.74 Å². The van der Waals surface area contributed by atoms with Crippen molar-refractivity contribution in [2.45, 2.75) is 0 Å². The van der Waals surface area contributed by atoms with Crippen LogP contribution >= 0.6 is 7.14 Å². The van der Waals surface area contributed by atoms with Crippen LogP contribution in [-0.4, -0.2) is 4.57 Å². The highest BCUT2D eigenvalue weighted by molar-refractivity contribution is 7.86. The largest absolute Gasteiger partial charge is 0.456 e. The van der Waals surface area contributed by atoms with Crippen molar-refractivity contribution in [2.24, 2.45) is 0 Å². The Balaban J connectivity index is 1.26. The van der Waals surface area contributed by atoms with Gasteiger partial charge in [0.25, 0.3) is 0 Å². The summed E-state index contributed by atoms with van der Waals surface area (Å²) >= 11 is 0. The van der Waals surface area contributed by atoms with Crippen LogP contribution in [0.15, 0.2) is 158 Å². The summed E-state index contributed by atoms with van der Waals surface area (Å²) in [7, 11) is -3.29. The zero-order chi connectivity index (χ0) is 29.3. The maximum atomic E-state index is 15.7. The number of nitrogens with zero attached hydrogens (tertiary/aromatic N) is 1. The van der Waals surface area contributed by atoms with Crippen LogP contribution in [0.2, 0.25) is 0 Å². The second-order valence-electron chi connectivity index (χ2n) is 11.3. The SMILES string of the molecule is O=P1(c2cccc3ccccc23)c2ccccc2Oc2ccc(-c3cccc(-n4c5ccccc5c5ccccc54)c3)cc21. The first-order valence-electron chi connectivity index (χ1n) is 14.8. The summed E-state index contributed by atoms with van der Waals surface area (Å²) in [5, 5.41) is 6.83. The van der Waals surface area contributed by atoms with E-state index in [-0.39, 0.29) is 0 Å². The molecule has 1 unspecified atom stereocenters. The molecular weight excluding hydrogens is 557 g/mol. The fourth-order valence-electron chi connectivity index (χ4n) is 6.85. The van der Waals surface area contributed by atoms with Gasteiger partial charge in [-0.3, -0.25) is 0 Å². The quantitative estimate of drug-likeness (QED) is 0.194. The Labute approximate surface area is 255 Å². The van der Waals surface area contributed by atoms with Crippen LogP contribution in [0.5, 0.6) is 11.5 Å². The topological polar surface area (TPSA) is 31.2 Å². The highest BCUT2D eigenvalue weighted by atomic mass is 31.2. The van der Waals surface area contributed by atoms with E-state index >= 15 is 4.57 Å². The second kappa shape index (κ2) is 9.57. The van der Waals surface area contributed by atoms with Crippen LogP contribution < -0.4 is 20.7 Å². The first kappa shape index (κ1) is 25.2. The molecule has 1 aromatic heterocycles. The van der Waals surface area contributed by atoms with Gasteiger partial charge in [-0.15, -0.1) is 0 Å². The minimum Gasteiger partial charge on any atom is -0.456 e. The third-order valence-corrected chi connectivity index (χ3v) is 12.0. The number of para-hydroxylation sites is 3. The number of aromatic nitrogens is 1. The van der Waals surface area contributed by atoms with Crippen molar-refractivity contribution in [1.82, 2.24) is 4.57 Å². The molecule has 0 fully saturated rings. The molecule has 1 aliphatic heterocycles. The van der Waals surface area contributed by atoms with Crippen LogP contribution in [0.3, 0.4) is 0 Å². The zero-order valence-corrected chi connectivity index (χ0v) is 24.6. The van der Waals surface area contributed by atoms with Crippen molar-refractivity contribution < 1.29 is 9.30 Å². The van der Waals surface area contributed by atoms with Crippen LogP contribution in [0, 0.1) is 0 Å². The molecule has 9 rings (SSSR count). The Bertz CT molecular complexity index is 2410. The number of fused-ring (bicyclic) bond motifs is 6. The molecule has 0 spiro atoms. The normalized spacial score (nSPS) is 15.6. The molecule has 3 nitrogen and oxygen atoms in total. The fourth-order valence-corrected chi connectivity index (χ4v) is 9.94. The van der Waals surface area contributed by atoms with Crippen molar-refractivity contribution in [3.63, 3.8) is 0 Å². The summed E-state index contributed by atoms with van der Waals surface area (Å²) in [5.41, 5.74) is 5.46. The molecule has 0 bridgehead atoms. The van der Waals surface area contributed by atoms with Gasteiger partial charge in [-0.2, -0.15) is 0 Å². The molecule has 8 aromatic rings. The lowest BCUT2D eigenvalue weighted by molar-refractivity contribution is 0.485. The van der Waals surface area contributed by atoms with Crippen molar-refractivity contribution in [3.8, 4) is 28.3 Å². The Morgan fingerprint density at radius 1 is 0.455 bits per heavy atom. The minimum absolute atomic E-state index is 0.641. The van der Waals surface area contributed by atoms with Gasteiger partial charge in [-0.25, -0.2) is 0 Å². The Morgan fingerprint density at radius 2 is 1.05 bits per heavy atom. The molecular formula is C40H26NO2P. The molecule has 4 heteroatoms. The van der Waals surface area contributed by atoms with E-state index in [9.17, 15) is 0 Å². The zero-order valence-electron chi connectivity index (χ0n) is 23.7. The lowest BCUT2D eigenvalue weighted by Crippen LogP contribution is -2.31. The molecule has 44 heavy (non-hydrogen) atoms. The predicted molar refractivity (Wildman–Crippen MR) is 183 cm³/mol. The number of hydrogen-bond donors (Lipinski definition) is 0. The molecule has 0 radical (unpaired) electrons. The minimum atomic E-state index is -3.29. The van der Waals surface area contributed by atoms with Crippen molar-refractivity contribution >= 4 is 55.6 Å². The first-order chi connectivity index (χ1) is 21.7. The van der Waals surface area contributed by atoms with Gasteiger partial charge in [0.15, 0.2) is 7.14 Å². The standard InChI is InChI=1S/C40H26NO2P/c42-44(38-22-10-12-27-11-1-2-15-31(27)38)39-21-8-7-20-36(39)43-37-24-23-29(26-40(37)44)28-13-9-14-30(25-28)41-34-18-5-3-16-32(34)33-17-4-6-19-35(33)41/h1-26H. The summed E-state index contributed by atoms with van der Waals surface area (Å²) in [6, 6.07) is 53.9. The van der Waals surface area contributed by atoms with Gasteiger partial charge in [0, 0.05) is 21.8 Å². The summed E-state index contributed by atoms with van der Waals surface area (Å²) in [4.78, 5) is 0. The van der Waals surface area contributed by atoms with Gasteiger partial charge in [0.1, 0.15) is 11.5 Å². The van der Waals surface area contributed by atoms with E-state index in [1.54, 1.807) is 0 Å². The molecule has 7 aromatic carbocycles. The molecule has 0 N–H and O–H groups in total. The van der Waals surface area contributed by atoms with E-state index < -0.39 is 7.14 Å². The van der Waals surface area contributed by atoms with E-state index in [1.165, 1.54) is 21.8 Å². The van der Waals surface area contributed by atoms with Gasteiger partial charge < -0.3 is 13.9 Å². The third kappa shape index (κ3) is 3.60. The van der Waals surface area contributed by atoms with E-state index in [2.05, 4.69) is 108 Å². The van der Waals surface area contributed by atoms with Gasteiger partial charge >= 0.3 is 0 Å². The number of hydrogen-bond acceptors (Lipinski definition) is 2. The highest BCUT2D eigenvalue weighted by Crippen LogP contribution is 2.53. The Morgan fingerprint density at radius 3 is 1.86 bits per heavy atom. The summed E-state index contributed by atoms with van der Waals surface area (Å²) in [6.07, 6.45) is 0. The lowest BCUT2D eigenvalue weighted by Gasteiger charge is -2.30. The second-order valence-corrected chi connectivity index (χ2v) is 13.9. The maximum Gasteiger partial charge on any atom is 0.178 e. The average molecular weight is 584 g/mol. The molecule has 0 saturated heterocycles. The maximum absolute atomic E-state index is 15.7. The van der Waals surface area contributed by atoms with E-state index in [0.29, 0.717) is 11.5 Å². The highest BCUT2D eigenvalue weighted by Gasteiger charge is 2.40. The summed E-state index contributed by atoms with van der Waals surface area (Å²) < 4.78 is 24.5. The van der Waals surface area contributed by atoms with Gasteiger partial charge in [-0.05, 0) is 70.4 Å². The monoisotopic (exact) mass is 583 g/mol. The molecule has 1 aliphatic rings. The van der Waals surface area contributed by atoms with Crippen LogP contribution in [0.1, 0.15) is 0 Å². The van der Waals surface area contributed by atoms with Crippen molar-refractivity contribution in [2.75, 3.05) is 0 Å². The van der Waals surface area contributed by atoms with Crippen molar-refractivity contribution in [1.29, 1.82) is 0 Å². The van der Waals surface area contributed by atoms with Gasteiger partial charge in [-0.1, -0.05) is 109 Å². The van der Waals surface area contributed by atoms with Crippen LogP contribution in [0.4, 0.5) is 0 Å². The van der Waals surface area contributed by atoms with E-state index in [1.807, 2.05) is 54.6 Å². The van der Waals surface area contributed by atoms with Gasteiger partial charge in [0.05, 0.1) is 21.6 Å². The average Bonchev–Trinajstić information content (AvgIpc) is 3.42. The smallest absolute Gasteiger partial charge is 0.178 e. The fraction of sp³-hybridized carbons (Fsp3) is 0. The number of rotatable bonds is 3. The summed E-state index contributed by atoms with van der Waals surface area (Å²) in [5.74, 6) is 1.29. The summed E-state index contributed by atoms with van der Waals surface area (Å²) in [6.45, 7) is 0. The van der Waals surface area contributed by atoms with Crippen LogP contribution in [-0.2, 0) is 4.57 Å². The van der Waals surface area contributed by atoms with Gasteiger partial charge in [0.2, 0.25) is 0 Å². The number of benzene rings is 7. The molecule has 1 atom stereocenters. The molecule has 208 valence electrons. The Hall–Kier alpha value is -5.37. The molecule has 0 saturated carbocycles. The molecule has 0 aliphatic carbocycles. The van der Waals surface area contributed by atoms with E-state index in [0.717, 1.165) is 43.5 Å². The third-order valence-electron chi connectivity index (χ3n) is 8.85.